The van der Waals surface area contributed by atoms with E-state index in [2.05, 4.69) is 84.7 Å². The zero-order chi connectivity index (χ0) is 8.97. The van der Waals surface area contributed by atoms with E-state index < -0.39 is 0 Å². The maximum Gasteiger partial charge on any atom is 0.180 e. The molecule has 0 N–H and O–H groups in total. The predicted molar refractivity (Wildman–Crippen MR) is 75.7 cm³/mol. The smallest absolute Gasteiger partial charge is 0.180 e. The number of halogens is 4. The van der Waals surface area contributed by atoms with E-state index in [1.807, 2.05) is 18.2 Å². The van der Waals surface area contributed by atoms with Crippen LogP contribution in [0.4, 0.5) is 0 Å². The van der Waals surface area contributed by atoms with Crippen molar-refractivity contribution in [3.05, 3.63) is 35.8 Å². The summed E-state index contributed by atoms with van der Waals surface area (Å²) in [7, 11) is 0. The third-order valence-corrected chi connectivity index (χ3v) is 5.55. The molecule has 0 unspecified atom stereocenters. The molecule has 13 heavy (non-hydrogen) atoms. The molecule has 0 spiro atoms. The van der Waals surface area contributed by atoms with Crippen LogP contribution in [0, 0.1) is 0 Å². The van der Waals surface area contributed by atoms with Gasteiger partial charge in [0.15, 0.2) is 18.9 Å². The largest absolute Gasteiger partial charge is 1.00 e. The summed E-state index contributed by atoms with van der Waals surface area (Å²) in [5.41, 5.74) is 0. The van der Waals surface area contributed by atoms with Gasteiger partial charge in [0.05, 0.1) is 5.17 Å². The maximum atomic E-state index is 2.38. The van der Waals surface area contributed by atoms with Crippen LogP contribution in [0.15, 0.2) is 35.8 Å². The lowest BCUT2D eigenvalue weighted by molar-refractivity contribution is -0.687. The topological polar surface area (TPSA) is 3.88 Å². The summed E-state index contributed by atoms with van der Waals surface area (Å²) in [5, 5.41) is 0. The van der Waals surface area contributed by atoms with Crippen LogP contribution in [-0.4, -0.2) is 0 Å². The highest BCUT2D eigenvalue weighted by atomic mass is 127. The molecule has 0 saturated heterocycles. The molecule has 1 rings (SSSR count). The molecule has 1 aromatic heterocycles. The van der Waals surface area contributed by atoms with Crippen LogP contribution in [-0.2, 0) is 6.54 Å². The van der Waals surface area contributed by atoms with E-state index in [-0.39, 0.29) is 17.0 Å². The zero-order valence-corrected chi connectivity index (χ0v) is 14.6. The first-order valence-electron chi connectivity index (χ1n) is 3.34. The van der Waals surface area contributed by atoms with Gasteiger partial charge >= 0.3 is 0 Å². The molecule has 0 aliphatic heterocycles. The molecule has 1 nitrogen and oxygen atoms in total. The van der Waals surface area contributed by atoms with Crippen molar-refractivity contribution in [1.82, 2.24) is 0 Å². The molecule has 0 aromatic carbocycles. The lowest BCUT2D eigenvalue weighted by atomic mass is 10.5. The Morgan fingerprint density at radius 1 is 1.00 bits per heavy atom. The Morgan fingerprint density at radius 3 is 2.00 bits per heavy atom. The average molecular weight is 578 g/mol. The summed E-state index contributed by atoms with van der Waals surface area (Å²) >= 11 is 7.06. The molecule has 0 amide bonds. The highest BCUT2D eigenvalue weighted by Crippen LogP contribution is 2.24. The number of rotatable bonds is 2. The van der Waals surface area contributed by atoms with Crippen LogP contribution in [0.1, 0.15) is 0 Å². The minimum Gasteiger partial charge on any atom is -1.00 e. The minimum absolute atomic E-state index is 0. The molecule has 0 radical (unpaired) electrons. The van der Waals surface area contributed by atoms with Crippen molar-refractivity contribution in [1.29, 1.82) is 0 Å². The summed E-state index contributed by atoms with van der Waals surface area (Å²) in [5.74, 6) is 0. The Morgan fingerprint density at radius 2 is 1.54 bits per heavy atom. The third-order valence-electron chi connectivity index (χ3n) is 1.30. The highest BCUT2D eigenvalue weighted by Gasteiger charge is 2.03. The lowest BCUT2D eigenvalue weighted by Crippen LogP contribution is -3.00. The van der Waals surface area contributed by atoms with Crippen molar-refractivity contribution in [2.24, 2.45) is 0 Å². The number of pyridine rings is 1. The second-order valence-corrected chi connectivity index (χ2v) is 7.74. The fraction of sp³-hybridized carbons (Fsp3) is 0.125. The van der Waals surface area contributed by atoms with E-state index in [0.29, 0.717) is 0 Å². The Hall–Kier alpha value is 1.56. The number of aromatic nitrogens is 1. The summed E-state index contributed by atoms with van der Waals surface area (Å²) in [4.78, 5) is 0. The van der Waals surface area contributed by atoms with Crippen molar-refractivity contribution < 1.29 is 21.5 Å². The molecular weight excluding hydrogens is 571 g/mol. The Bertz CT molecular complexity index is 283. The fourth-order valence-corrected chi connectivity index (χ4v) is 1.49. The van der Waals surface area contributed by atoms with Crippen molar-refractivity contribution in [2.45, 2.75) is 6.54 Å². The van der Waals surface area contributed by atoms with Gasteiger partial charge in [-0.15, -0.1) is 0 Å². The van der Waals surface area contributed by atoms with Crippen LogP contribution in [0.3, 0.4) is 0 Å². The second kappa shape index (κ2) is 7.80. The molecule has 72 valence electrons. The van der Waals surface area contributed by atoms with Gasteiger partial charge < -0.3 is 17.0 Å². The SMILES string of the molecule is IC(I)=C(I)C[n+]1ccccc1.[Br-]. The van der Waals surface area contributed by atoms with E-state index in [1.54, 1.807) is 0 Å². The molecule has 0 bridgehead atoms. The van der Waals surface area contributed by atoms with Crippen LogP contribution in [0.2, 0.25) is 0 Å². The van der Waals surface area contributed by atoms with Crippen molar-refractivity contribution in [3.8, 4) is 0 Å². The van der Waals surface area contributed by atoms with E-state index in [9.17, 15) is 0 Å². The van der Waals surface area contributed by atoms with E-state index in [4.69, 9.17) is 0 Å². The summed E-state index contributed by atoms with van der Waals surface area (Å²) in [6.07, 6.45) is 4.16. The number of nitrogens with zero attached hydrogens (tertiary/aromatic N) is 1. The Balaban J connectivity index is 0.00000144. The summed E-state index contributed by atoms with van der Waals surface area (Å²) in [6.45, 7) is 0.975. The summed E-state index contributed by atoms with van der Waals surface area (Å²) < 4.78 is 4.88. The normalized spacial score (nSPS) is 8.85. The van der Waals surface area contributed by atoms with Gasteiger partial charge in [-0.25, -0.2) is 4.57 Å². The van der Waals surface area contributed by atoms with Crippen molar-refractivity contribution in [3.63, 3.8) is 0 Å². The first-order chi connectivity index (χ1) is 5.70. The van der Waals surface area contributed by atoms with Gasteiger partial charge in [0.2, 0.25) is 0 Å². The molecular formula is C8H7BrI3N. The number of allylic oxidation sites excluding steroid dienone is 1. The molecule has 0 aliphatic rings. The minimum atomic E-state index is 0. The van der Waals surface area contributed by atoms with Gasteiger partial charge in [-0.05, 0) is 67.8 Å². The van der Waals surface area contributed by atoms with Gasteiger partial charge in [-0.2, -0.15) is 0 Å². The Labute approximate surface area is 130 Å². The first-order valence-corrected chi connectivity index (χ1v) is 6.57. The molecule has 0 fully saturated rings. The summed E-state index contributed by atoms with van der Waals surface area (Å²) in [6, 6.07) is 6.12. The number of hydrogen-bond donors (Lipinski definition) is 0. The predicted octanol–water partition coefficient (Wildman–Crippen LogP) is 0.452. The standard InChI is InChI=1S/C8H7I3N.BrH/c9-7(8(10)11)6-12-4-2-1-3-5-12;/h1-5H,6H2;1H/q+1;/p-1. The van der Waals surface area contributed by atoms with Crippen LogP contribution < -0.4 is 21.5 Å². The van der Waals surface area contributed by atoms with Crippen LogP contribution >= 0.6 is 67.8 Å². The first kappa shape index (κ1) is 14.6. The molecule has 5 heteroatoms. The average Bonchev–Trinajstić information content (AvgIpc) is 2.06. The van der Waals surface area contributed by atoms with Gasteiger partial charge in [-0.3, -0.25) is 0 Å². The van der Waals surface area contributed by atoms with Gasteiger partial charge in [0.25, 0.3) is 0 Å². The molecule has 0 aliphatic carbocycles. The molecule has 0 atom stereocenters. The molecule has 1 aromatic rings. The molecule has 1 heterocycles. The Kier molecular flexibility index (Phi) is 8.74. The van der Waals surface area contributed by atoms with Crippen LogP contribution in [0.5, 0.6) is 0 Å². The van der Waals surface area contributed by atoms with Crippen molar-refractivity contribution in [2.75, 3.05) is 0 Å². The van der Waals surface area contributed by atoms with Gasteiger partial charge in [0.1, 0.15) is 0 Å². The maximum absolute atomic E-state index is 2.38. The molecule has 0 saturated carbocycles. The van der Waals surface area contributed by atoms with E-state index in [1.165, 1.54) is 5.17 Å². The van der Waals surface area contributed by atoms with Gasteiger partial charge in [-0.1, -0.05) is 6.07 Å². The zero-order valence-electron chi connectivity index (χ0n) is 6.55. The second-order valence-electron chi connectivity index (χ2n) is 2.21. The fourth-order valence-electron chi connectivity index (χ4n) is 0.760. The van der Waals surface area contributed by atoms with E-state index in [0.717, 1.165) is 6.54 Å². The monoisotopic (exact) mass is 577 g/mol. The van der Waals surface area contributed by atoms with Gasteiger partial charge in [0, 0.05) is 12.1 Å². The third kappa shape index (κ3) is 5.88. The number of hydrogen-bond acceptors (Lipinski definition) is 0. The van der Waals surface area contributed by atoms with Crippen LogP contribution in [0.25, 0.3) is 0 Å². The van der Waals surface area contributed by atoms with E-state index >= 15 is 0 Å². The quantitative estimate of drug-likeness (QED) is 0.355. The lowest BCUT2D eigenvalue weighted by Gasteiger charge is -1.95. The van der Waals surface area contributed by atoms with Crippen molar-refractivity contribution >= 4 is 67.8 Å². The highest BCUT2D eigenvalue weighted by molar-refractivity contribution is 14.2.